The van der Waals surface area contributed by atoms with Crippen molar-refractivity contribution in [2.75, 3.05) is 26.0 Å². The lowest BCUT2D eigenvalue weighted by Crippen LogP contribution is -2.41. The van der Waals surface area contributed by atoms with Crippen molar-refractivity contribution in [1.82, 2.24) is 4.31 Å². The smallest absolute Gasteiger partial charge is 0.211 e. The predicted molar refractivity (Wildman–Crippen MR) is 72.4 cm³/mol. The van der Waals surface area contributed by atoms with Gasteiger partial charge in [-0.3, -0.25) is 4.79 Å². The van der Waals surface area contributed by atoms with Gasteiger partial charge in [-0.2, -0.15) is 0 Å². The van der Waals surface area contributed by atoms with Crippen LogP contribution in [-0.4, -0.2) is 50.6 Å². The van der Waals surface area contributed by atoms with Gasteiger partial charge in [0.1, 0.15) is 6.10 Å². The van der Waals surface area contributed by atoms with Crippen LogP contribution < -0.4 is 0 Å². The first kappa shape index (κ1) is 14.9. The maximum Gasteiger partial charge on any atom is 0.211 e. The third-order valence-electron chi connectivity index (χ3n) is 3.98. The van der Waals surface area contributed by atoms with Crippen molar-refractivity contribution in [2.45, 2.75) is 44.6 Å². The van der Waals surface area contributed by atoms with Gasteiger partial charge in [0.2, 0.25) is 10.0 Å². The summed E-state index contributed by atoms with van der Waals surface area (Å²) in [5.41, 5.74) is 0. The van der Waals surface area contributed by atoms with Crippen molar-refractivity contribution >= 4 is 15.8 Å². The fourth-order valence-electron chi connectivity index (χ4n) is 2.91. The van der Waals surface area contributed by atoms with Crippen LogP contribution in [0.25, 0.3) is 0 Å². The first-order valence-electron chi connectivity index (χ1n) is 7.06. The van der Waals surface area contributed by atoms with Crippen LogP contribution in [0.3, 0.4) is 0 Å². The first-order valence-corrected chi connectivity index (χ1v) is 8.91. The van der Waals surface area contributed by atoms with Crippen molar-refractivity contribution < 1.29 is 17.9 Å². The van der Waals surface area contributed by atoms with Crippen molar-refractivity contribution in [1.29, 1.82) is 0 Å². The molecule has 5 nitrogen and oxygen atoms in total. The molecular weight excluding hydrogens is 266 g/mol. The highest BCUT2D eigenvalue weighted by atomic mass is 32.2. The molecule has 2 heterocycles. The molecule has 2 rings (SSSR count). The van der Waals surface area contributed by atoms with E-state index in [4.69, 9.17) is 4.74 Å². The Morgan fingerprint density at radius 3 is 2.68 bits per heavy atom. The predicted octanol–water partition coefficient (Wildman–Crippen LogP) is 1.19. The lowest BCUT2D eigenvalue weighted by atomic mass is 9.91. The van der Waals surface area contributed by atoms with Gasteiger partial charge in [-0.05, 0) is 38.0 Å². The third-order valence-corrected chi connectivity index (χ3v) is 5.25. The minimum Gasteiger partial charge on any atom is -0.370 e. The Morgan fingerprint density at radius 1 is 1.26 bits per heavy atom. The Morgan fingerprint density at radius 2 is 2.05 bits per heavy atom. The van der Waals surface area contributed by atoms with Gasteiger partial charge in [0.15, 0.2) is 5.78 Å². The van der Waals surface area contributed by atoms with Gasteiger partial charge in [-0.25, -0.2) is 12.7 Å². The van der Waals surface area contributed by atoms with Gasteiger partial charge in [-0.15, -0.1) is 0 Å². The van der Waals surface area contributed by atoms with Crippen LogP contribution in [-0.2, 0) is 19.6 Å². The number of carbonyl (C=O) groups is 1. The number of hydrogen-bond donors (Lipinski definition) is 0. The Hall–Kier alpha value is -0.460. The molecule has 0 spiro atoms. The topological polar surface area (TPSA) is 63.7 Å². The molecule has 19 heavy (non-hydrogen) atoms. The zero-order valence-corrected chi connectivity index (χ0v) is 12.3. The van der Waals surface area contributed by atoms with Gasteiger partial charge in [-0.1, -0.05) is 0 Å². The first-order chi connectivity index (χ1) is 8.97. The highest BCUT2D eigenvalue weighted by molar-refractivity contribution is 7.88. The number of sulfonamides is 1. The molecule has 0 aliphatic carbocycles. The average Bonchev–Trinajstić information content (AvgIpc) is 2.39. The summed E-state index contributed by atoms with van der Waals surface area (Å²) in [5, 5.41) is 0. The average molecular weight is 289 g/mol. The molecule has 0 aromatic heterocycles. The molecule has 0 saturated carbocycles. The molecule has 2 unspecified atom stereocenters. The van der Waals surface area contributed by atoms with E-state index in [1.165, 1.54) is 10.6 Å². The van der Waals surface area contributed by atoms with Crippen molar-refractivity contribution in [3.05, 3.63) is 0 Å². The maximum atomic E-state index is 12.1. The molecule has 6 heteroatoms. The standard InChI is InChI=1S/C13H23NO4S/c1-19(16,17)14-7-4-5-11(10-14)9-12(15)13-6-2-3-8-18-13/h11,13H,2-10H2,1H3. The fourth-order valence-corrected chi connectivity index (χ4v) is 3.85. The van der Waals surface area contributed by atoms with Crippen molar-refractivity contribution in [2.24, 2.45) is 5.92 Å². The van der Waals surface area contributed by atoms with E-state index in [9.17, 15) is 13.2 Å². The highest BCUT2D eigenvalue weighted by Gasteiger charge is 2.30. The SMILES string of the molecule is CS(=O)(=O)N1CCCC(CC(=O)C2CCCCO2)C1. The Balaban J connectivity index is 1.86. The molecule has 110 valence electrons. The summed E-state index contributed by atoms with van der Waals surface area (Å²) in [6.07, 6.45) is 6.13. The zero-order valence-electron chi connectivity index (χ0n) is 11.5. The molecule has 0 N–H and O–H groups in total. The Bertz CT molecular complexity index is 414. The molecule has 2 aliphatic heterocycles. The van der Waals surface area contributed by atoms with E-state index in [1.54, 1.807) is 0 Å². The van der Waals surface area contributed by atoms with Crippen molar-refractivity contribution in [3.63, 3.8) is 0 Å². The number of ether oxygens (including phenoxy) is 1. The minimum atomic E-state index is -3.13. The van der Waals surface area contributed by atoms with E-state index >= 15 is 0 Å². The molecule has 0 radical (unpaired) electrons. The molecule has 2 fully saturated rings. The van der Waals surface area contributed by atoms with Crippen LogP contribution >= 0.6 is 0 Å². The molecule has 2 atom stereocenters. The van der Waals surface area contributed by atoms with Crippen LogP contribution in [0.4, 0.5) is 0 Å². The normalized spacial score (nSPS) is 30.2. The van der Waals surface area contributed by atoms with Gasteiger partial charge in [0.25, 0.3) is 0 Å². The summed E-state index contributed by atoms with van der Waals surface area (Å²) in [6, 6.07) is 0. The summed E-state index contributed by atoms with van der Waals surface area (Å²) in [6.45, 7) is 1.75. The van der Waals surface area contributed by atoms with Gasteiger partial charge >= 0.3 is 0 Å². The third kappa shape index (κ3) is 4.26. The highest BCUT2D eigenvalue weighted by Crippen LogP contribution is 2.24. The van der Waals surface area contributed by atoms with E-state index < -0.39 is 10.0 Å². The second-order valence-corrected chi connectivity index (χ2v) is 7.64. The Kier molecular flexibility index (Phi) is 4.97. The fraction of sp³-hybridized carbons (Fsp3) is 0.923. The van der Waals surface area contributed by atoms with Crippen LogP contribution in [0.15, 0.2) is 0 Å². The second kappa shape index (κ2) is 6.33. The van der Waals surface area contributed by atoms with Crippen LogP contribution in [0.1, 0.15) is 38.5 Å². The van der Waals surface area contributed by atoms with E-state index in [0.29, 0.717) is 26.1 Å². The van der Waals surface area contributed by atoms with E-state index in [2.05, 4.69) is 0 Å². The Labute approximate surface area is 115 Å². The molecule has 0 bridgehead atoms. The number of carbonyl (C=O) groups excluding carboxylic acids is 1. The van der Waals surface area contributed by atoms with Crippen LogP contribution in [0.2, 0.25) is 0 Å². The number of ketones is 1. The molecule has 2 saturated heterocycles. The summed E-state index contributed by atoms with van der Waals surface area (Å²) in [5.74, 6) is 0.307. The lowest BCUT2D eigenvalue weighted by Gasteiger charge is -2.31. The number of rotatable bonds is 4. The monoisotopic (exact) mass is 289 g/mol. The summed E-state index contributed by atoms with van der Waals surface area (Å²) < 4.78 is 30.1. The van der Waals surface area contributed by atoms with Crippen LogP contribution in [0, 0.1) is 5.92 Å². The molecule has 2 aliphatic rings. The largest absolute Gasteiger partial charge is 0.370 e. The lowest BCUT2D eigenvalue weighted by molar-refractivity contribution is -0.134. The summed E-state index contributed by atoms with van der Waals surface area (Å²) in [4.78, 5) is 12.1. The molecule has 0 aromatic rings. The van der Waals surface area contributed by atoms with E-state index in [-0.39, 0.29) is 17.8 Å². The molecule has 0 amide bonds. The van der Waals surface area contributed by atoms with Gasteiger partial charge in [0.05, 0.1) is 6.26 Å². The van der Waals surface area contributed by atoms with Gasteiger partial charge < -0.3 is 4.74 Å². The minimum absolute atomic E-state index is 0.153. The summed E-state index contributed by atoms with van der Waals surface area (Å²) >= 11 is 0. The maximum absolute atomic E-state index is 12.1. The number of piperidine rings is 1. The van der Waals surface area contributed by atoms with Gasteiger partial charge in [0, 0.05) is 26.1 Å². The van der Waals surface area contributed by atoms with Crippen molar-refractivity contribution in [3.8, 4) is 0 Å². The van der Waals surface area contributed by atoms with E-state index in [0.717, 1.165) is 32.1 Å². The van der Waals surface area contributed by atoms with Crippen LogP contribution in [0.5, 0.6) is 0 Å². The quantitative estimate of drug-likeness (QED) is 0.780. The second-order valence-electron chi connectivity index (χ2n) is 5.65. The van der Waals surface area contributed by atoms with E-state index in [1.807, 2.05) is 0 Å². The number of nitrogens with zero attached hydrogens (tertiary/aromatic N) is 1. The zero-order chi connectivity index (χ0) is 13.9. The summed E-state index contributed by atoms with van der Waals surface area (Å²) in [7, 11) is -3.13. The number of hydrogen-bond acceptors (Lipinski definition) is 4. The molecule has 0 aromatic carbocycles. The molecular formula is C13H23NO4S. The number of Topliss-reactive ketones (excluding diaryl/α,β-unsaturated/α-hetero) is 1.